The summed E-state index contributed by atoms with van der Waals surface area (Å²) in [6.07, 6.45) is 1.69. The molecule has 0 atom stereocenters. The lowest BCUT2D eigenvalue weighted by molar-refractivity contribution is -0.115. The zero-order valence-corrected chi connectivity index (χ0v) is 17.7. The molecule has 29 heavy (non-hydrogen) atoms. The maximum Gasteiger partial charge on any atom is 0.322 e. The van der Waals surface area contributed by atoms with E-state index in [2.05, 4.69) is 34.6 Å². The van der Waals surface area contributed by atoms with Crippen molar-refractivity contribution < 1.29 is 17.6 Å². The number of hydrogen-bond acceptors (Lipinski definition) is 7. The summed E-state index contributed by atoms with van der Waals surface area (Å²) in [6.45, 7) is 2.11. The fourth-order valence-corrected chi connectivity index (χ4v) is 3.92. The highest BCUT2D eigenvalue weighted by Gasteiger charge is 2.12. The van der Waals surface area contributed by atoms with Gasteiger partial charge in [-0.3, -0.25) is 10.1 Å². The molecule has 0 fully saturated rings. The Morgan fingerprint density at radius 2 is 1.69 bits per heavy atom. The minimum absolute atomic E-state index is 0.0379. The minimum Gasteiger partial charge on any atom is -0.407 e. The van der Waals surface area contributed by atoms with Crippen LogP contribution in [0, 0.1) is 0 Å². The van der Waals surface area contributed by atoms with Crippen LogP contribution in [0.3, 0.4) is 0 Å². The molecule has 0 unspecified atom stereocenters. The predicted octanol–water partition coefficient (Wildman–Crippen LogP) is 3.36. The smallest absolute Gasteiger partial charge is 0.322 e. The molecule has 0 aliphatic rings. The maximum atomic E-state index is 12.2. The molecule has 0 radical (unpaired) electrons. The van der Waals surface area contributed by atoms with Crippen molar-refractivity contribution in [2.24, 2.45) is 0 Å². The SMILES string of the molecule is CCSc1ccc(Cc2nnc(NC(=O)Cc3ccc(S(C)(=O)=O)cc3)o2)cc1. The van der Waals surface area contributed by atoms with Gasteiger partial charge in [0.2, 0.25) is 11.8 Å². The molecule has 3 rings (SSSR count). The summed E-state index contributed by atoms with van der Waals surface area (Å²) in [7, 11) is -3.26. The van der Waals surface area contributed by atoms with E-state index in [9.17, 15) is 13.2 Å². The second-order valence-electron chi connectivity index (χ2n) is 6.40. The van der Waals surface area contributed by atoms with Crippen molar-refractivity contribution in [3.8, 4) is 0 Å². The zero-order chi connectivity index (χ0) is 20.9. The quantitative estimate of drug-likeness (QED) is 0.546. The molecule has 1 aromatic heterocycles. The Bertz CT molecular complexity index is 1080. The van der Waals surface area contributed by atoms with Gasteiger partial charge in [0.15, 0.2) is 9.84 Å². The molecule has 152 valence electrons. The number of anilines is 1. The van der Waals surface area contributed by atoms with Crippen molar-refractivity contribution in [2.75, 3.05) is 17.3 Å². The molecule has 0 bridgehead atoms. The molecule has 0 aliphatic heterocycles. The predicted molar refractivity (Wildman–Crippen MR) is 112 cm³/mol. The van der Waals surface area contributed by atoms with Crippen LogP contribution in [0.5, 0.6) is 0 Å². The average Bonchev–Trinajstić information content (AvgIpc) is 3.10. The Morgan fingerprint density at radius 1 is 1.03 bits per heavy atom. The van der Waals surface area contributed by atoms with Gasteiger partial charge in [0.05, 0.1) is 17.7 Å². The molecule has 3 aromatic rings. The van der Waals surface area contributed by atoms with Gasteiger partial charge in [0.25, 0.3) is 0 Å². The molecule has 1 amide bonds. The van der Waals surface area contributed by atoms with Crippen LogP contribution in [0.15, 0.2) is 62.7 Å². The van der Waals surface area contributed by atoms with E-state index >= 15 is 0 Å². The standard InChI is InChI=1S/C20H21N3O4S2/c1-3-28-16-8-4-15(5-9-16)13-19-22-23-20(27-19)21-18(24)12-14-6-10-17(11-7-14)29(2,25)26/h4-11H,3,12-13H2,1-2H3,(H,21,23,24). The van der Waals surface area contributed by atoms with Gasteiger partial charge >= 0.3 is 6.01 Å². The number of aromatic nitrogens is 2. The van der Waals surface area contributed by atoms with Crippen molar-refractivity contribution >= 4 is 33.5 Å². The van der Waals surface area contributed by atoms with Crippen LogP contribution < -0.4 is 5.32 Å². The van der Waals surface area contributed by atoms with Crippen LogP contribution in [0.2, 0.25) is 0 Å². The number of nitrogens with zero attached hydrogens (tertiary/aromatic N) is 2. The van der Waals surface area contributed by atoms with Gasteiger partial charge in [0.1, 0.15) is 0 Å². The summed E-state index contributed by atoms with van der Waals surface area (Å²) in [5, 5.41) is 10.4. The van der Waals surface area contributed by atoms with E-state index in [-0.39, 0.29) is 23.2 Å². The number of nitrogens with one attached hydrogen (secondary N) is 1. The number of sulfone groups is 1. The fraction of sp³-hybridized carbons (Fsp3) is 0.250. The summed E-state index contributed by atoms with van der Waals surface area (Å²) in [6, 6.07) is 14.3. The Morgan fingerprint density at radius 3 is 2.31 bits per heavy atom. The third-order valence-corrected chi connectivity index (χ3v) is 6.04. The van der Waals surface area contributed by atoms with Gasteiger partial charge in [-0.15, -0.1) is 16.9 Å². The first-order valence-electron chi connectivity index (χ1n) is 8.96. The van der Waals surface area contributed by atoms with Gasteiger partial charge in [-0.2, -0.15) is 0 Å². The average molecular weight is 432 g/mol. The third kappa shape index (κ3) is 6.16. The number of amides is 1. The van der Waals surface area contributed by atoms with Crippen LogP contribution in [-0.4, -0.2) is 36.5 Å². The molecular formula is C20H21N3O4S2. The van der Waals surface area contributed by atoms with Crippen LogP contribution in [0.4, 0.5) is 6.01 Å². The van der Waals surface area contributed by atoms with Crippen LogP contribution in [-0.2, 0) is 27.5 Å². The van der Waals surface area contributed by atoms with E-state index in [0.717, 1.165) is 17.6 Å². The van der Waals surface area contributed by atoms with Gasteiger partial charge in [-0.25, -0.2) is 8.42 Å². The molecule has 0 aliphatic carbocycles. The van der Waals surface area contributed by atoms with Crippen molar-refractivity contribution in [2.45, 2.75) is 29.6 Å². The van der Waals surface area contributed by atoms with Crippen molar-refractivity contribution in [1.82, 2.24) is 10.2 Å². The summed E-state index contributed by atoms with van der Waals surface area (Å²) < 4.78 is 28.5. The van der Waals surface area contributed by atoms with Crippen molar-refractivity contribution in [1.29, 1.82) is 0 Å². The largest absolute Gasteiger partial charge is 0.407 e. The normalized spacial score (nSPS) is 11.4. The number of carbonyl (C=O) groups excluding carboxylic acids is 1. The lowest BCUT2D eigenvalue weighted by atomic mass is 10.1. The van der Waals surface area contributed by atoms with Crippen molar-refractivity contribution in [3.63, 3.8) is 0 Å². The second-order valence-corrected chi connectivity index (χ2v) is 9.75. The summed E-state index contributed by atoms with van der Waals surface area (Å²) in [5.74, 6) is 1.11. The molecule has 7 nitrogen and oxygen atoms in total. The van der Waals surface area contributed by atoms with Gasteiger partial charge < -0.3 is 4.42 Å². The molecule has 9 heteroatoms. The lowest BCUT2D eigenvalue weighted by Crippen LogP contribution is -2.14. The van der Waals surface area contributed by atoms with E-state index in [1.54, 1.807) is 23.9 Å². The first kappa shape index (κ1) is 21.1. The number of thioether (sulfide) groups is 1. The van der Waals surface area contributed by atoms with E-state index in [4.69, 9.17) is 4.42 Å². The molecule has 1 N–H and O–H groups in total. The Labute approximate surface area is 173 Å². The monoisotopic (exact) mass is 431 g/mol. The van der Waals surface area contributed by atoms with E-state index in [0.29, 0.717) is 17.9 Å². The van der Waals surface area contributed by atoms with Gasteiger partial charge in [0, 0.05) is 11.2 Å². The summed E-state index contributed by atoms with van der Waals surface area (Å²) >= 11 is 1.78. The maximum absolute atomic E-state index is 12.2. The Kier molecular flexibility index (Phi) is 6.71. The molecule has 1 heterocycles. The van der Waals surface area contributed by atoms with E-state index in [1.807, 2.05) is 12.1 Å². The molecule has 0 saturated carbocycles. The van der Waals surface area contributed by atoms with Crippen LogP contribution >= 0.6 is 11.8 Å². The van der Waals surface area contributed by atoms with E-state index < -0.39 is 9.84 Å². The number of rotatable bonds is 8. The summed E-state index contributed by atoms with van der Waals surface area (Å²) in [4.78, 5) is 13.6. The Balaban J connectivity index is 1.56. The zero-order valence-electron chi connectivity index (χ0n) is 16.1. The summed E-state index contributed by atoms with van der Waals surface area (Å²) in [5.41, 5.74) is 1.72. The fourth-order valence-electron chi connectivity index (χ4n) is 2.62. The second kappa shape index (κ2) is 9.23. The van der Waals surface area contributed by atoms with Crippen LogP contribution in [0.1, 0.15) is 23.9 Å². The number of carbonyl (C=O) groups is 1. The number of hydrogen-bond donors (Lipinski definition) is 1. The first-order chi connectivity index (χ1) is 13.8. The van der Waals surface area contributed by atoms with Crippen molar-refractivity contribution in [3.05, 3.63) is 65.5 Å². The third-order valence-electron chi connectivity index (χ3n) is 4.02. The first-order valence-corrected chi connectivity index (χ1v) is 11.8. The Hall–Kier alpha value is -2.65. The minimum atomic E-state index is -3.26. The van der Waals surface area contributed by atoms with Gasteiger partial charge in [-0.1, -0.05) is 36.3 Å². The van der Waals surface area contributed by atoms with Gasteiger partial charge in [-0.05, 0) is 41.1 Å². The molecule has 0 spiro atoms. The highest BCUT2D eigenvalue weighted by Crippen LogP contribution is 2.19. The molecular weight excluding hydrogens is 410 g/mol. The highest BCUT2D eigenvalue weighted by atomic mass is 32.2. The molecule has 2 aromatic carbocycles. The van der Waals surface area contributed by atoms with E-state index in [1.165, 1.54) is 17.0 Å². The lowest BCUT2D eigenvalue weighted by Gasteiger charge is -2.03. The van der Waals surface area contributed by atoms with Crippen LogP contribution in [0.25, 0.3) is 0 Å². The number of benzene rings is 2. The highest BCUT2D eigenvalue weighted by molar-refractivity contribution is 7.99. The topological polar surface area (TPSA) is 102 Å². The molecule has 0 saturated heterocycles.